The fourth-order valence-corrected chi connectivity index (χ4v) is 1.87. The maximum absolute atomic E-state index is 5.78. The number of benzene rings is 1. The molecular formula is C14H19N3O2. The molecule has 1 heterocycles. The minimum absolute atomic E-state index is 0.488. The summed E-state index contributed by atoms with van der Waals surface area (Å²) < 4.78 is 12.9. The Morgan fingerprint density at radius 2 is 2.11 bits per heavy atom. The molecular weight excluding hydrogens is 242 g/mol. The van der Waals surface area contributed by atoms with Crippen LogP contribution in [0.25, 0.3) is 0 Å². The lowest BCUT2D eigenvalue weighted by Gasteiger charge is -2.12. The van der Waals surface area contributed by atoms with Gasteiger partial charge in [-0.05, 0) is 23.8 Å². The van der Waals surface area contributed by atoms with E-state index in [0.717, 1.165) is 29.2 Å². The van der Waals surface area contributed by atoms with Crippen molar-refractivity contribution in [1.29, 1.82) is 0 Å². The molecule has 2 rings (SSSR count). The molecule has 0 spiro atoms. The third-order valence-electron chi connectivity index (χ3n) is 3.00. The van der Waals surface area contributed by atoms with Crippen LogP contribution in [0.1, 0.15) is 11.3 Å². The summed E-state index contributed by atoms with van der Waals surface area (Å²) in [6.45, 7) is 1.06. The predicted octanol–water partition coefficient (Wildman–Crippen LogP) is 1.51. The number of aryl methyl sites for hydroxylation is 1. The Morgan fingerprint density at radius 1 is 1.26 bits per heavy atom. The Morgan fingerprint density at radius 3 is 2.74 bits per heavy atom. The molecule has 5 heteroatoms. The van der Waals surface area contributed by atoms with Gasteiger partial charge < -0.3 is 15.2 Å². The Balaban J connectivity index is 2.00. The number of rotatable bonds is 6. The molecule has 0 bridgehead atoms. The highest BCUT2D eigenvalue weighted by atomic mass is 16.5. The predicted molar refractivity (Wildman–Crippen MR) is 73.3 cm³/mol. The van der Waals surface area contributed by atoms with Crippen LogP contribution in [-0.4, -0.2) is 23.5 Å². The summed E-state index contributed by atoms with van der Waals surface area (Å²) in [4.78, 5) is 0. The van der Waals surface area contributed by atoms with Crippen molar-refractivity contribution in [1.82, 2.24) is 9.78 Å². The van der Waals surface area contributed by atoms with E-state index in [1.807, 2.05) is 36.0 Å². The van der Waals surface area contributed by atoms with Crippen LogP contribution in [0.2, 0.25) is 0 Å². The van der Waals surface area contributed by atoms with Crippen LogP contribution >= 0.6 is 0 Å². The topological polar surface area (TPSA) is 62.3 Å². The molecule has 0 unspecified atom stereocenters. The minimum Gasteiger partial charge on any atom is -0.493 e. The van der Waals surface area contributed by atoms with Crippen molar-refractivity contribution in [2.75, 3.05) is 13.7 Å². The van der Waals surface area contributed by atoms with Gasteiger partial charge in [-0.15, -0.1) is 0 Å². The summed E-state index contributed by atoms with van der Waals surface area (Å²) in [7, 11) is 3.55. The largest absolute Gasteiger partial charge is 0.493 e. The van der Waals surface area contributed by atoms with Crippen LogP contribution in [0.15, 0.2) is 30.5 Å². The number of ether oxygens (including phenoxy) is 2. The Bertz CT molecular complexity index is 537. The highest BCUT2D eigenvalue weighted by Gasteiger charge is 2.06. The second-order valence-electron chi connectivity index (χ2n) is 4.23. The molecule has 0 atom stereocenters. The first-order valence-electron chi connectivity index (χ1n) is 6.21. The lowest BCUT2D eigenvalue weighted by atomic mass is 10.2. The zero-order chi connectivity index (χ0) is 13.7. The van der Waals surface area contributed by atoms with Gasteiger partial charge in [0.2, 0.25) is 0 Å². The summed E-state index contributed by atoms with van der Waals surface area (Å²) in [5.74, 6) is 1.45. The van der Waals surface area contributed by atoms with Gasteiger partial charge in [-0.2, -0.15) is 5.10 Å². The summed E-state index contributed by atoms with van der Waals surface area (Å²) >= 11 is 0. The average Bonchev–Trinajstić information content (AvgIpc) is 2.84. The molecule has 0 aliphatic rings. The van der Waals surface area contributed by atoms with Crippen LogP contribution in [0.5, 0.6) is 11.5 Å². The van der Waals surface area contributed by atoms with Gasteiger partial charge in [0.1, 0.15) is 0 Å². The molecule has 0 radical (unpaired) electrons. The Hall–Kier alpha value is -2.01. The highest BCUT2D eigenvalue weighted by molar-refractivity contribution is 5.42. The van der Waals surface area contributed by atoms with Crippen LogP contribution in [0.4, 0.5) is 0 Å². The molecule has 0 saturated heterocycles. The molecule has 0 saturated carbocycles. The molecule has 19 heavy (non-hydrogen) atoms. The Kier molecular flexibility index (Phi) is 4.41. The number of methoxy groups -OCH3 is 1. The van der Waals surface area contributed by atoms with Gasteiger partial charge in [0.15, 0.2) is 11.5 Å². The molecule has 2 aromatic rings. The van der Waals surface area contributed by atoms with E-state index in [0.29, 0.717) is 13.2 Å². The van der Waals surface area contributed by atoms with Gasteiger partial charge in [-0.3, -0.25) is 4.68 Å². The van der Waals surface area contributed by atoms with E-state index >= 15 is 0 Å². The van der Waals surface area contributed by atoms with Gasteiger partial charge in [-0.1, -0.05) is 6.07 Å². The lowest BCUT2D eigenvalue weighted by molar-refractivity contribution is 0.295. The van der Waals surface area contributed by atoms with Gasteiger partial charge >= 0.3 is 0 Å². The fourth-order valence-electron chi connectivity index (χ4n) is 1.87. The first-order valence-corrected chi connectivity index (χ1v) is 6.21. The zero-order valence-electron chi connectivity index (χ0n) is 11.3. The van der Waals surface area contributed by atoms with Crippen LogP contribution in [-0.2, 0) is 20.0 Å². The van der Waals surface area contributed by atoms with E-state index in [1.165, 1.54) is 0 Å². The van der Waals surface area contributed by atoms with Crippen molar-refractivity contribution in [3.05, 3.63) is 41.7 Å². The van der Waals surface area contributed by atoms with Crippen LogP contribution < -0.4 is 15.2 Å². The molecule has 0 amide bonds. The van der Waals surface area contributed by atoms with Crippen molar-refractivity contribution in [3.8, 4) is 11.5 Å². The molecule has 102 valence electrons. The molecule has 5 nitrogen and oxygen atoms in total. The zero-order valence-corrected chi connectivity index (χ0v) is 11.3. The van der Waals surface area contributed by atoms with Crippen molar-refractivity contribution >= 4 is 0 Å². The minimum atomic E-state index is 0.488. The van der Waals surface area contributed by atoms with Crippen LogP contribution in [0.3, 0.4) is 0 Å². The SMILES string of the molecule is COc1ccc(CN)cc1OCCc1ccnn1C. The maximum Gasteiger partial charge on any atom is 0.161 e. The number of hydrogen-bond donors (Lipinski definition) is 1. The quantitative estimate of drug-likeness (QED) is 0.856. The monoisotopic (exact) mass is 261 g/mol. The van der Waals surface area contributed by atoms with E-state index in [4.69, 9.17) is 15.2 Å². The summed E-state index contributed by atoms with van der Waals surface area (Å²) in [6, 6.07) is 7.72. The van der Waals surface area contributed by atoms with Crippen molar-refractivity contribution < 1.29 is 9.47 Å². The number of nitrogens with zero attached hydrogens (tertiary/aromatic N) is 2. The molecule has 0 fully saturated rings. The number of nitrogens with two attached hydrogens (primary N) is 1. The average molecular weight is 261 g/mol. The van der Waals surface area contributed by atoms with E-state index in [2.05, 4.69) is 5.10 Å². The third kappa shape index (κ3) is 3.26. The Labute approximate surface area is 112 Å². The molecule has 1 aromatic carbocycles. The smallest absolute Gasteiger partial charge is 0.161 e. The summed E-state index contributed by atoms with van der Waals surface area (Å²) in [5.41, 5.74) is 7.79. The number of hydrogen-bond acceptors (Lipinski definition) is 4. The summed E-state index contributed by atoms with van der Waals surface area (Å²) in [6.07, 6.45) is 2.58. The molecule has 1 aromatic heterocycles. The van der Waals surface area contributed by atoms with Gasteiger partial charge in [0.05, 0.1) is 13.7 Å². The second-order valence-corrected chi connectivity index (χ2v) is 4.23. The lowest BCUT2D eigenvalue weighted by Crippen LogP contribution is -2.07. The number of aromatic nitrogens is 2. The maximum atomic E-state index is 5.78. The summed E-state index contributed by atoms with van der Waals surface area (Å²) in [5, 5.41) is 4.12. The first-order chi connectivity index (χ1) is 9.24. The van der Waals surface area contributed by atoms with E-state index in [-0.39, 0.29) is 0 Å². The van der Waals surface area contributed by atoms with Crippen molar-refractivity contribution in [2.45, 2.75) is 13.0 Å². The van der Waals surface area contributed by atoms with Gasteiger partial charge in [0.25, 0.3) is 0 Å². The third-order valence-corrected chi connectivity index (χ3v) is 3.00. The van der Waals surface area contributed by atoms with E-state index in [9.17, 15) is 0 Å². The molecule has 2 N–H and O–H groups in total. The van der Waals surface area contributed by atoms with E-state index in [1.54, 1.807) is 13.3 Å². The highest BCUT2D eigenvalue weighted by Crippen LogP contribution is 2.28. The van der Waals surface area contributed by atoms with Crippen molar-refractivity contribution in [2.24, 2.45) is 12.8 Å². The standard InChI is InChI=1S/C14H19N3O2/c1-17-12(5-7-16-17)6-8-19-14-9-11(10-15)3-4-13(14)18-2/h3-5,7,9H,6,8,10,15H2,1-2H3. The van der Waals surface area contributed by atoms with Gasteiger partial charge in [0, 0.05) is 31.9 Å². The van der Waals surface area contributed by atoms with Crippen LogP contribution in [0, 0.1) is 0 Å². The van der Waals surface area contributed by atoms with E-state index < -0.39 is 0 Å². The normalized spacial score (nSPS) is 10.5. The molecule has 0 aliphatic carbocycles. The first kappa shape index (κ1) is 13.4. The second kappa shape index (κ2) is 6.24. The van der Waals surface area contributed by atoms with Crippen molar-refractivity contribution in [3.63, 3.8) is 0 Å². The fraction of sp³-hybridized carbons (Fsp3) is 0.357. The van der Waals surface area contributed by atoms with Gasteiger partial charge in [-0.25, -0.2) is 0 Å². The molecule has 0 aliphatic heterocycles.